The molecule has 6 N–H and O–H groups in total. The summed E-state index contributed by atoms with van der Waals surface area (Å²) in [7, 11) is 0. The number of urea groups is 1. The van der Waals surface area contributed by atoms with Crippen LogP contribution in [0.25, 0.3) is 0 Å². The van der Waals surface area contributed by atoms with E-state index >= 15 is 0 Å². The normalized spacial score (nSPS) is 9.43. The quantitative estimate of drug-likeness (QED) is 0.417. The van der Waals surface area contributed by atoms with Crippen LogP contribution in [0, 0.1) is 5.41 Å². The molecule has 0 aliphatic carbocycles. The molecule has 0 aliphatic heterocycles. The van der Waals surface area contributed by atoms with E-state index in [2.05, 4.69) is 5.32 Å². The van der Waals surface area contributed by atoms with E-state index in [1.54, 1.807) is 18.2 Å². The van der Waals surface area contributed by atoms with Gasteiger partial charge in [0.25, 0.3) is 0 Å². The molecule has 0 saturated heterocycles. The van der Waals surface area contributed by atoms with Crippen molar-refractivity contribution in [3.8, 4) is 0 Å². The molecule has 0 atom stereocenters. The van der Waals surface area contributed by atoms with E-state index < -0.39 is 6.03 Å². The van der Waals surface area contributed by atoms with Crippen LogP contribution in [0.5, 0.6) is 0 Å². The fourth-order valence-electron chi connectivity index (χ4n) is 1.12. The van der Waals surface area contributed by atoms with Gasteiger partial charge in [-0.05, 0) is 17.7 Å². The van der Waals surface area contributed by atoms with E-state index in [-0.39, 0.29) is 5.84 Å². The summed E-state index contributed by atoms with van der Waals surface area (Å²) in [6.07, 6.45) is 0.369. The second-order valence-electron chi connectivity index (χ2n) is 2.89. The highest BCUT2D eigenvalue weighted by Crippen LogP contribution is 2.10. The topological polar surface area (TPSA) is 105 Å². The Morgan fingerprint density at radius 3 is 2.71 bits per heavy atom. The third kappa shape index (κ3) is 3.14. The SMILES string of the molecule is N=C(N)Cc1cccc(NC(N)=O)c1. The highest BCUT2D eigenvalue weighted by atomic mass is 16.2. The number of carbonyl (C=O) groups excluding carboxylic acids is 1. The van der Waals surface area contributed by atoms with Crippen LogP contribution in [0.2, 0.25) is 0 Å². The van der Waals surface area contributed by atoms with Crippen LogP contribution >= 0.6 is 0 Å². The molecule has 5 nitrogen and oxygen atoms in total. The lowest BCUT2D eigenvalue weighted by Gasteiger charge is -2.04. The summed E-state index contributed by atoms with van der Waals surface area (Å²) in [4.78, 5) is 10.5. The van der Waals surface area contributed by atoms with Gasteiger partial charge in [-0.2, -0.15) is 0 Å². The zero-order chi connectivity index (χ0) is 10.6. The van der Waals surface area contributed by atoms with Crippen molar-refractivity contribution in [2.45, 2.75) is 6.42 Å². The van der Waals surface area contributed by atoms with Crippen molar-refractivity contribution in [2.75, 3.05) is 5.32 Å². The van der Waals surface area contributed by atoms with Crippen molar-refractivity contribution >= 4 is 17.6 Å². The van der Waals surface area contributed by atoms with E-state index in [0.29, 0.717) is 12.1 Å². The molecule has 0 aromatic heterocycles. The molecule has 5 heteroatoms. The summed E-state index contributed by atoms with van der Waals surface area (Å²) in [6, 6.07) is 6.43. The lowest BCUT2D eigenvalue weighted by atomic mass is 10.1. The summed E-state index contributed by atoms with van der Waals surface area (Å²) < 4.78 is 0. The third-order valence-electron chi connectivity index (χ3n) is 1.59. The van der Waals surface area contributed by atoms with Crippen molar-refractivity contribution < 1.29 is 4.79 Å². The van der Waals surface area contributed by atoms with E-state index in [1.807, 2.05) is 6.07 Å². The maximum Gasteiger partial charge on any atom is 0.316 e. The lowest BCUT2D eigenvalue weighted by Crippen LogP contribution is -2.19. The highest BCUT2D eigenvalue weighted by molar-refractivity contribution is 5.88. The van der Waals surface area contributed by atoms with Gasteiger partial charge < -0.3 is 16.8 Å². The monoisotopic (exact) mass is 192 g/mol. The highest BCUT2D eigenvalue weighted by Gasteiger charge is 1.99. The molecule has 0 bridgehead atoms. The molecule has 0 saturated carbocycles. The van der Waals surface area contributed by atoms with E-state index in [9.17, 15) is 4.79 Å². The molecular formula is C9H12N4O. The molecule has 0 heterocycles. The molecule has 2 amide bonds. The van der Waals surface area contributed by atoms with E-state index in [4.69, 9.17) is 16.9 Å². The van der Waals surface area contributed by atoms with Crippen LogP contribution in [0.15, 0.2) is 24.3 Å². The molecule has 0 spiro atoms. The fraction of sp³-hybridized carbons (Fsp3) is 0.111. The summed E-state index contributed by atoms with van der Waals surface area (Å²) >= 11 is 0. The second kappa shape index (κ2) is 4.27. The number of rotatable bonds is 3. The number of nitrogens with one attached hydrogen (secondary N) is 2. The Kier molecular flexibility index (Phi) is 3.06. The average Bonchev–Trinajstić information content (AvgIpc) is 2.01. The minimum atomic E-state index is -0.607. The maximum absolute atomic E-state index is 10.5. The number of amides is 2. The fourth-order valence-corrected chi connectivity index (χ4v) is 1.12. The van der Waals surface area contributed by atoms with Gasteiger partial charge in [-0.25, -0.2) is 4.79 Å². The summed E-state index contributed by atoms with van der Waals surface area (Å²) in [5, 5.41) is 9.56. The number of primary amides is 1. The molecule has 0 aliphatic rings. The number of amidine groups is 1. The zero-order valence-corrected chi connectivity index (χ0v) is 7.58. The molecule has 1 aromatic carbocycles. The Labute approximate surface area is 81.6 Å². The van der Waals surface area contributed by atoms with Crippen LogP contribution in [0.3, 0.4) is 0 Å². The van der Waals surface area contributed by atoms with E-state index in [1.165, 1.54) is 0 Å². The standard InChI is InChI=1S/C9H12N4O/c10-8(11)5-6-2-1-3-7(4-6)13-9(12)14/h1-4H,5H2,(H3,10,11)(H3,12,13,14). The number of hydrogen-bond acceptors (Lipinski definition) is 2. The molecule has 1 rings (SSSR count). The molecule has 0 fully saturated rings. The first-order valence-electron chi connectivity index (χ1n) is 4.06. The van der Waals surface area contributed by atoms with Crippen molar-refractivity contribution in [3.05, 3.63) is 29.8 Å². The van der Waals surface area contributed by atoms with Crippen LogP contribution in [0.1, 0.15) is 5.56 Å². The molecular weight excluding hydrogens is 180 g/mol. The first kappa shape index (κ1) is 10.0. The number of anilines is 1. The van der Waals surface area contributed by atoms with Crippen molar-refractivity contribution in [1.29, 1.82) is 5.41 Å². The van der Waals surface area contributed by atoms with Crippen LogP contribution in [0.4, 0.5) is 10.5 Å². The molecule has 1 aromatic rings. The zero-order valence-electron chi connectivity index (χ0n) is 7.58. The molecule has 14 heavy (non-hydrogen) atoms. The van der Waals surface area contributed by atoms with Gasteiger partial charge in [0.15, 0.2) is 0 Å². The molecule has 0 unspecified atom stereocenters. The van der Waals surface area contributed by atoms with Gasteiger partial charge in [-0.15, -0.1) is 0 Å². The van der Waals surface area contributed by atoms with Crippen LogP contribution < -0.4 is 16.8 Å². The third-order valence-corrected chi connectivity index (χ3v) is 1.59. The Bertz CT molecular complexity index is 330. The average molecular weight is 192 g/mol. The molecule has 74 valence electrons. The van der Waals surface area contributed by atoms with Gasteiger partial charge in [-0.1, -0.05) is 12.1 Å². The number of carbonyl (C=O) groups is 1. The van der Waals surface area contributed by atoms with Crippen LogP contribution in [-0.4, -0.2) is 11.9 Å². The van der Waals surface area contributed by atoms with Gasteiger partial charge in [0, 0.05) is 12.1 Å². The van der Waals surface area contributed by atoms with Crippen molar-refractivity contribution in [3.63, 3.8) is 0 Å². The number of benzene rings is 1. The summed E-state index contributed by atoms with van der Waals surface area (Å²) in [5.74, 6) is 0.0845. The Hall–Kier alpha value is -2.04. The second-order valence-corrected chi connectivity index (χ2v) is 2.89. The lowest BCUT2D eigenvalue weighted by molar-refractivity contribution is 0.259. The Morgan fingerprint density at radius 2 is 2.14 bits per heavy atom. The minimum absolute atomic E-state index is 0.0845. The van der Waals surface area contributed by atoms with Crippen LogP contribution in [-0.2, 0) is 6.42 Å². The largest absolute Gasteiger partial charge is 0.387 e. The smallest absolute Gasteiger partial charge is 0.316 e. The minimum Gasteiger partial charge on any atom is -0.387 e. The van der Waals surface area contributed by atoms with E-state index in [0.717, 1.165) is 5.56 Å². The van der Waals surface area contributed by atoms with Gasteiger partial charge in [0.1, 0.15) is 0 Å². The maximum atomic E-state index is 10.5. The van der Waals surface area contributed by atoms with Gasteiger partial charge in [0.05, 0.1) is 5.84 Å². The number of hydrogen-bond donors (Lipinski definition) is 4. The van der Waals surface area contributed by atoms with Crippen molar-refractivity contribution in [2.24, 2.45) is 11.5 Å². The summed E-state index contributed by atoms with van der Waals surface area (Å²) in [5.41, 5.74) is 11.7. The van der Waals surface area contributed by atoms with Gasteiger partial charge >= 0.3 is 6.03 Å². The number of nitrogens with two attached hydrogens (primary N) is 2. The first-order valence-corrected chi connectivity index (χ1v) is 4.06. The van der Waals surface area contributed by atoms with Crippen molar-refractivity contribution in [1.82, 2.24) is 0 Å². The Balaban J connectivity index is 2.78. The van der Waals surface area contributed by atoms with Gasteiger partial charge in [0.2, 0.25) is 0 Å². The van der Waals surface area contributed by atoms with Gasteiger partial charge in [-0.3, -0.25) is 5.41 Å². The Morgan fingerprint density at radius 1 is 1.43 bits per heavy atom. The predicted octanol–water partition coefficient (Wildman–Crippen LogP) is 0.656. The first-order chi connectivity index (χ1) is 6.58. The molecule has 0 radical (unpaired) electrons. The predicted molar refractivity (Wildman–Crippen MR) is 55.3 cm³/mol. The summed E-state index contributed by atoms with van der Waals surface area (Å²) in [6.45, 7) is 0.